The van der Waals surface area contributed by atoms with Gasteiger partial charge in [0.25, 0.3) is 16.7 Å². The first-order chi connectivity index (χ1) is 31.8. The second-order valence-electron chi connectivity index (χ2n) is 22.2. The van der Waals surface area contributed by atoms with Crippen molar-refractivity contribution in [3.8, 4) is 53.1 Å². The average molecular weight is 901 g/mol. The standard InChI is InChI=1S/C60H60N4O4/c1-15-35-17-21-43(22-18-35)63-53(65)45-31-48(62-34-38-27-41(59(9,10)11)30-42(28-38)60(12,13)14)52-50-46(54(66)64(56(52)68)44-23-19-36(16-2)20-24-44)32-47(51(49(45)50)55(63)67)61-33-37-25-39(57(3,4)5)29-40(26-37)58(6,7)8/h1-2,17-32,61,66H,33-34H2,3-14H3. The van der Waals surface area contributed by atoms with E-state index >= 15 is 14.4 Å². The van der Waals surface area contributed by atoms with E-state index in [4.69, 9.17) is 17.8 Å². The van der Waals surface area contributed by atoms with Gasteiger partial charge < -0.3 is 10.4 Å². The lowest BCUT2D eigenvalue weighted by Crippen LogP contribution is -2.36. The Balaban J connectivity index is 1.49. The fourth-order valence-electron chi connectivity index (χ4n) is 8.89. The van der Waals surface area contributed by atoms with E-state index in [0.717, 1.165) is 26.8 Å². The molecule has 2 aliphatic rings. The predicted molar refractivity (Wildman–Crippen MR) is 280 cm³/mol. The molecule has 0 saturated carbocycles. The van der Waals surface area contributed by atoms with Crippen molar-refractivity contribution >= 4 is 27.2 Å². The summed E-state index contributed by atoms with van der Waals surface area (Å²) in [5.41, 5.74) is 6.89. The third-order valence-corrected chi connectivity index (χ3v) is 13.1. The van der Waals surface area contributed by atoms with Gasteiger partial charge in [-0.1, -0.05) is 131 Å². The summed E-state index contributed by atoms with van der Waals surface area (Å²) in [4.78, 5) is 50.8. The van der Waals surface area contributed by atoms with E-state index in [-0.39, 0.29) is 72.1 Å². The maximum Gasteiger partial charge on any atom is 0.268 e. The molecule has 0 bridgehead atoms. The molecule has 0 fully saturated rings. The quantitative estimate of drug-likeness (QED) is 0.122. The van der Waals surface area contributed by atoms with Gasteiger partial charge in [0, 0.05) is 39.7 Å². The Morgan fingerprint density at radius 1 is 0.544 bits per heavy atom. The van der Waals surface area contributed by atoms with Crippen molar-refractivity contribution in [3.05, 3.63) is 178 Å². The van der Waals surface area contributed by atoms with Crippen LogP contribution in [-0.4, -0.2) is 14.2 Å². The minimum Gasteiger partial charge on any atom is -0.494 e. The van der Waals surface area contributed by atoms with Gasteiger partial charge in [-0.15, -0.1) is 12.8 Å². The molecule has 0 radical (unpaired) electrons. The molecule has 0 spiro atoms. The first kappa shape index (κ1) is 47.1. The molecule has 0 saturated heterocycles. The number of aromatic nitrogens is 2. The zero-order valence-corrected chi connectivity index (χ0v) is 41.3. The molecule has 344 valence electrons. The third-order valence-electron chi connectivity index (χ3n) is 13.1. The van der Waals surface area contributed by atoms with Crippen molar-refractivity contribution in [3.63, 3.8) is 0 Å². The largest absolute Gasteiger partial charge is 0.494 e. The number of aromatic hydroxyl groups is 1. The van der Waals surface area contributed by atoms with E-state index in [2.05, 4.69) is 137 Å². The summed E-state index contributed by atoms with van der Waals surface area (Å²) < 4.78 is 2.40. The van der Waals surface area contributed by atoms with Crippen LogP contribution in [0.1, 0.15) is 128 Å². The van der Waals surface area contributed by atoms with Crippen LogP contribution in [0.15, 0.2) is 116 Å². The highest BCUT2D eigenvalue weighted by atomic mass is 16.3. The van der Waals surface area contributed by atoms with E-state index in [9.17, 15) is 5.11 Å². The second-order valence-corrected chi connectivity index (χ2v) is 22.2. The SMILES string of the molecule is C#Cc1ccc(-n2c(O)c3cc(NCc4cc(C(C)(C)C)cc(C(C)(C)C)c4)c4c5c3c(c(=NCc3cc(C(C)(C)C)cc(C(C)(C)C)c3)cc-5c(=O)n(-c3ccc(C#C)cc3)c4=O)c2=O)cc1. The summed E-state index contributed by atoms with van der Waals surface area (Å²) in [6.45, 7) is 26.6. The molecule has 0 amide bonds. The molecule has 68 heavy (non-hydrogen) atoms. The first-order valence-corrected chi connectivity index (χ1v) is 23.1. The van der Waals surface area contributed by atoms with Gasteiger partial charge in [0.1, 0.15) is 0 Å². The van der Waals surface area contributed by atoms with Gasteiger partial charge in [-0.25, -0.2) is 9.13 Å². The number of terminal acetylenes is 2. The Labute approximate surface area is 399 Å². The molecule has 6 aromatic rings. The molecule has 0 unspecified atom stereocenters. The number of benzene rings is 6. The van der Waals surface area contributed by atoms with Crippen molar-refractivity contribution in [2.45, 2.75) is 118 Å². The summed E-state index contributed by atoms with van der Waals surface area (Å²) in [5, 5.41) is 17.2. The zero-order chi connectivity index (χ0) is 49.4. The number of hydrogen-bond donors (Lipinski definition) is 2. The van der Waals surface area contributed by atoms with Gasteiger partial charge in [-0.3, -0.25) is 19.4 Å². The van der Waals surface area contributed by atoms with E-state index < -0.39 is 16.7 Å². The van der Waals surface area contributed by atoms with Gasteiger partial charge in [0.15, 0.2) is 0 Å². The Kier molecular flexibility index (Phi) is 11.6. The molecular formula is C60H60N4O4. The van der Waals surface area contributed by atoms with Crippen molar-refractivity contribution in [2.24, 2.45) is 4.99 Å². The fraction of sp³-hybridized carbons (Fsp3) is 0.300. The monoisotopic (exact) mass is 900 g/mol. The summed E-state index contributed by atoms with van der Waals surface area (Å²) in [6, 6.07) is 29.9. The topological polar surface area (TPSA) is 106 Å². The Morgan fingerprint density at radius 2 is 0.985 bits per heavy atom. The van der Waals surface area contributed by atoms with E-state index in [1.807, 2.05) is 0 Å². The van der Waals surface area contributed by atoms with Crippen LogP contribution in [0.5, 0.6) is 5.88 Å². The highest BCUT2D eigenvalue weighted by molar-refractivity contribution is 6.19. The van der Waals surface area contributed by atoms with Gasteiger partial charge >= 0.3 is 0 Å². The fourth-order valence-corrected chi connectivity index (χ4v) is 8.89. The van der Waals surface area contributed by atoms with E-state index in [1.54, 1.807) is 60.7 Å². The minimum atomic E-state index is -0.598. The lowest BCUT2D eigenvalue weighted by molar-refractivity contribution is 0.443. The molecular weight excluding hydrogens is 841 g/mol. The molecule has 1 aliphatic heterocycles. The molecule has 2 heterocycles. The third kappa shape index (κ3) is 8.57. The second kappa shape index (κ2) is 16.7. The van der Waals surface area contributed by atoms with E-state index in [0.29, 0.717) is 34.7 Å². The maximum absolute atomic E-state index is 15.3. The normalized spacial score (nSPS) is 12.8. The number of nitrogens with zero attached hydrogens (tertiary/aromatic N) is 3. The van der Waals surface area contributed by atoms with Gasteiger partial charge in [0.05, 0.1) is 39.6 Å². The van der Waals surface area contributed by atoms with E-state index in [1.165, 1.54) is 15.7 Å². The van der Waals surface area contributed by atoms with Crippen molar-refractivity contribution < 1.29 is 5.11 Å². The molecule has 2 N–H and O–H groups in total. The van der Waals surface area contributed by atoms with Gasteiger partial charge in [-0.2, -0.15) is 0 Å². The van der Waals surface area contributed by atoms with Crippen molar-refractivity contribution in [1.29, 1.82) is 0 Å². The molecule has 0 atom stereocenters. The number of anilines is 1. The van der Waals surface area contributed by atoms with Gasteiger partial charge in [0.2, 0.25) is 5.88 Å². The lowest BCUT2D eigenvalue weighted by atomic mass is 9.79. The zero-order valence-electron chi connectivity index (χ0n) is 41.3. The van der Waals surface area contributed by atoms with Crippen LogP contribution in [-0.2, 0) is 34.7 Å². The van der Waals surface area contributed by atoms with Crippen LogP contribution in [0.2, 0.25) is 0 Å². The Hall–Kier alpha value is -7.42. The smallest absolute Gasteiger partial charge is 0.268 e. The number of nitrogens with one attached hydrogen (secondary N) is 1. The molecule has 8 heteroatoms. The number of pyridine rings is 2. The number of hydrogen-bond acceptors (Lipinski definition) is 6. The van der Waals surface area contributed by atoms with Gasteiger partial charge in [-0.05, 0) is 116 Å². The minimum absolute atomic E-state index is 0.144. The highest BCUT2D eigenvalue weighted by Crippen LogP contribution is 2.42. The average Bonchev–Trinajstić information content (AvgIpc) is 3.27. The van der Waals surface area contributed by atoms with Crippen LogP contribution in [0.25, 0.3) is 44.0 Å². The Bertz CT molecular complexity index is 3520. The van der Waals surface area contributed by atoms with Crippen LogP contribution in [0.4, 0.5) is 5.69 Å². The van der Waals surface area contributed by atoms with Crippen LogP contribution < -0.4 is 27.4 Å². The molecule has 8 rings (SSSR count). The predicted octanol–water partition coefficient (Wildman–Crippen LogP) is 11.2. The molecule has 1 aromatic heterocycles. The summed E-state index contributed by atoms with van der Waals surface area (Å²) in [6.07, 6.45) is 11.4. The lowest BCUT2D eigenvalue weighted by Gasteiger charge is -2.26. The van der Waals surface area contributed by atoms with Crippen LogP contribution in [0, 0.1) is 24.7 Å². The van der Waals surface area contributed by atoms with Crippen molar-refractivity contribution in [1.82, 2.24) is 9.13 Å². The summed E-state index contributed by atoms with van der Waals surface area (Å²) in [7, 11) is 0. The summed E-state index contributed by atoms with van der Waals surface area (Å²) in [5.74, 6) is 4.87. The molecule has 5 aromatic carbocycles. The van der Waals surface area contributed by atoms with Crippen molar-refractivity contribution in [2.75, 3.05) is 5.32 Å². The van der Waals surface area contributed by atoms with Crippen LogP contribution in [0.3, 0.4) is 0 Å². The molecule has 1 aliphatic carbocycles. The Morgan fingerprint density at radius 3 is 1.44 bits per heavy atom. The maximum atomic E-state index is 15.3. The number of rotatable bonds is 7. The molecule has 8 nitrogen and oxygen atoms in total. The highest BCUT2D eigenvalue weighted by Gasteiger charge is 2.31. The summed E-state index contributed by atoms with van der Waals surface area (Å²) >= 11 is 0. The van der Waals surface area contributed by atoms with Crippen LogP contribution >= 0.6 is 0 Å². The first-order valence-electron chi connectivity index (χ1n) is 23.1.